The van der Waals surface area contributed by atoms with E-state index in [9.17, 15) is 4.79 Å². The van der Waals surface area contributed by atoms with Gasteiger partial charge in [0.2, 0.25) is 0 Å². The number of carbonyl (C=O) groups excluding carboxylic acids is 1. The van der Waals surface area contributed by atoms with Crippen molar-refractivity contribution in [3.63, 3.8) is 0 Å². The van der Waals surface area contributed by atoms with Crippen molar-refractivity contribution in [2.75, 3.05) is 27.3 Å². The van der Waals surface area contributed by atoms with Crippen molar-refractivity contribution < 1.29 is 14.3 Å². The molecule has 1 saturated carbocycles. The maximum absolute atomic E-state index is 12.8. The fraction of sp³-hybridized carbons (Fsp3) is 0.588. The number of likely N-dealkylation sites (tertiary alicyclic amines) is 1. The molecule has 0 aromatic heterocycles. The molecule has 3 unspecified atom stereocenters. The second kappa shape index (κ2) is 6.16. The van der Waals surface area contributed by atoms with E-state index in [-0.39, 0.29) is 11.9 Å². The Morgan fingerprint density at radius 3 is 2.41 bits per heavy atom. The van der Waals surface area contributed by atoms with E-state index >= 15 is 0 Å². The minimum absolute atomic E-state index is 0.0406. The summed E-state index contributed by atoms with van der Waals surface area (Å²) in [5, 5.41) is 0. The largest absolute Gasteiger partial charge is 0.497 e. The van der Waals surface area contributed by atoms with Crippen molar-refractivity contribution in [2.45, 2.75) is 25.3 Å². The lowest BCUT2D eigenvalue weighted by Crippen LogP contribution is -2.38. The molecular formula is C17H24N2O3. The second-order valence-corrected chi connectivity index (χ2v) is 6.33. The molecule has 1 aliphatic carbocycles. The first-order valence-corrected chi connectivity index (χ1v) is 7.90. The Labute approximate surface area is 131 Å². The first-order valence-electron chi connectivity index (χ1n) is 7.90. The minimum atomic E-state index is 0.0406. The first-order chi connectivity index (χ1) is 10.6. The first kappa shape index (κ1) is 15.2. The highest BCUT2D eigenvalue weighted by Gasteiger charge is 2.40. The Balaban J connectivity index is 1.80. The summed E-state index contributed by atoms with van der Waals surface area (Å²) >= 11 is 0. The fourth-order valence-electron chi connectivity index (χ4n) is 3.80. The molecule has 22 heavy (non-hydrogen) atoms. The van der Waals surface area contributed by atoms with E-state index in [2.05, 4.69) is 0 Å². The zero-order valence-electron chi connectivity index (χ0n) is 13.2. The van der Waals surface area contributed by atoms with Crippen LogP contribution >= 0.6 is 0 Å². The normalized spacial score (nSPS) is 27.4. The van der Waals surface area contributed by atoms with E-state index in [4.69, 9.17) is 15.2 Å². The van der Waals surface area contributed by atoms with Gasteiger partial charge in [-0.1, -0.05) is 6.42 Å². The molecule has 5 nitrogen and oxygen atoms in total. The maximum Gasteiger partial charge on any atom is 0.254 e. The van der Waals surface area contributed by atoms with Crippen LogP contribution in [0.15, 0.2) is 18.2 Å². The Kier molecular flexibility index (Phi) is 4.25. The van der Waals surface area contributed by atoms with Crippen LogP contribution in [0, 0.1) is 11.8 Å². The van der Waals surface area contributed by atoms with Crippen molar-refractivity contribution in [1.29, 1.82) is 0 Å². The molecule has 2 fully saturated rings. The zero-order chi connectivity index (χ0) is 15.7. The zero-order valence-corrected chi connectivity index (χ0v) is 13.2. The molecular weight excluding hydrogens is 280 g/mol. The van der Waals surface area contributed by atoms with Gasteiger partial charge in [-0.3, -0.25) is 4.79 Å². The summed E-state index contributed by atoms with van der Waals surface area (Å²) in [4.78, 5) is 14.7. The van der Waals surface area contributed by atoms with Crippen LogP contribution in [0.2, 0.25) is 0 Å². The van der Waals surface area contributed by atoms with Gasteiger partial charge in [0.05, 0.1) is 14.2 Å². The molecule has 0 spiro atoms. The number of ether oxygens (including phenoxy) is 2. The Hall–Kier alpha value is -1.75. The van der Waals surface area contributed by atoms with Gasteiger partial charge < -0.3 is 20.1 Å². The van der Waals surface area contributed by atoms with E-state index in [1.165, 1.54) is 12.8 Å². The minimum Gasteiger partial charge on any atom is -0.497 e. The highest BCUT2D eigenvalue weighted by molar-refractivity contribution is 5.95. The van der Waals surface area contributed by atoms with Crippen LogP contribution in [0.3, 0.4) is 0 Å². The number of carbonyl (C=O) groups is 1. The summed E-state index contributed by atoms with van der Waals surface area (Å²) in [5.74, 6) is 2.32. The van der Waals surface area contributed by atoms with Crippen molar-refractivity contribution in [1.82, 2.24) is 4.90 Å². The highest BCUT2D eigenvalue weighted by Crippen LogP contribution is 2.36. The predicted octanol–water partition coefficient (Wildman–Crippen LogP) is 1.90. The third-order valence-electron chi connectivity index (χ3n) is 5.04. The number of rotatable bonds is 3. The number of benzene rings is 1. The van der Waals surface area contributed by atoms with Crippen LogP contribution < -0.4 is 15.2 Å². The number of hydrogen-bond donors (Lipinski definition) is 1. The molecule has 3 atom stereocenters. The van der Waals surface area contributed by atoms with Crippen LogP contribution in [0.1, 0.15) is 29.6 Å². The van der Waals surface area contributed by atoms with Crippen molar-refractivity contribution in [3.05, 3.63) is 23.8 Å². The summed E-state index contributed by atoms with van der Waals surface area (Å²) < 4.78 is 10.5. The topological polar surface area (TPSA) is 64.8 Å². The van der Waals surface area contributed by atoms with Crippen molar-refractivity contribution >= 4 is 5.91 Å². The van der Waals surface area contributed by atoms with Gasteiger partial charge in [-0.25, -0.2) is 0 Å². The monoisotopic (exact) mass is 304 g/mol. The maximum atomic E-state index is 12.8. The van der Waals surface area contributed by atoms with Gasteiger partial charge in [-0.15, -0.1) is 0 Å². The lowest BCUT2D eigenvalue weighted by atomic mass is 9.78. The lowest BCUT2D eigenvalue weighted by molar-refractivity contribution is 0.0782. The van der Waals surface area contributed by atoms with Gasteiger partial charge in [-0.05, 0) is 36.8 Å². The average molecular weight is 304 g/mol. The molecule has 1 aromatic rings. The number of fused-ring (bicyclic) bond motifs is 1. The van der Waals surface area contributed by atoms with E-state index in [1.54, 1.807) is 32.4 Å². The SMILES string of the molecule is COc1cc(OC)cc(C(=O)N2CC3CCCC(N)C3C2)c1. The number of nitrogens with zero attached hydrogens (tertiary/aromatic N) is 1. The van der Waals surface area contributed by atoms with Crippen LogP contribution in [0.4, 0.5) is 0 Å². The molecule has 5 heteroatoms. The molecule has 1 aromatic carbocycles. The summed E-state index contributed by atoms with van der Waals surface area (Å²) in [6, 6.07) is 5.55. The molecule has 2 N–H and O–H groups in total. The predicted molar refractivity (Wildman–Crippen MR) is 84.3 cm³/mol. The number of amides is 1. The Bertz CT molecular complexity index is 539. The molecule has 3 rings (SSSR count). The van der Waals surface area contributed by atoms with E-state index in [0.717, 1.165) is 19.5 Å². The average Bonchev–Trinajstić information content (AvgIpc) is 2.99. The quantitative estimate of drug-likeness (QED) is 0.926. The van der Waals surface area contributed by atoms with Gasteiger partial charge in [0, 0.05) is 30.8 Å². The molecule has 0 radical (unpaired) electrons. The fourth-order valence-corrected chi connectivity index (χ4v) is 3.80. The summed E-state index contributed by atoms with van der Waals surface area (Å²) in [7, 11) is 3.18. The van der Waals surface area contributed by atoms with Crippen LogP contribution in [0.5, 0.6) is 11.5 Å². The molecule has 1 heterocycles. The number of methoxy groups -OCH3 is 2. The lowest BCUT2D eigenvalue weighted by Gasteiger charge is -2.29. The smallest absolute Gasteiger partial charge is 0.254 e. The van der Waals surface area contributed by atoms with E-state index < -0.39 is 0 Å². The third kappa shape index (κ3) is 2.77. The summed E-state index contributed by atoms with van der Waals surface area (Å²) in [6.07, 6.45) is 3.44. The molecule has 0 bridgehead atoms. The standard InChI is InChI=1S/C17H24N2O3/c1-21-13-6-12(7-14(8-13)22-2)17(20)19-9-11-4-3-5-16(18)15(11)10-19/h6-8,11,15-16H,3-5,9-10,18H2,1-2H3. The third-order valence-corrected chi connectivity index (χ3v) is 5.04. The van der Waals surface area contributed by atoms with E-state index in [0.29, 0.717) is 28.9 Å². The summed E-state index contributed by atoms with van der Waals surface area (Å²) in [5.41, 5.74) is 6.85. The van der Waals surface area contributed by atoms with Crippen LogP contribution in [0.25, 0.3) is 0 Å². The van der Waals surface area contributed by atoms with Gasteiger partial charge in [0.25, 0.3) is 5.91 Å². The van der Waals surface area contributed by atoms with Gasteiger partial charge in [-0.2, -0.15) is 0 Å². The van der Waals surface area contributed by atoms with Crippen LogP contribution in [-0.4, -0.2) is 44.2 Å². The van der Waals surface area contributed by atoms with Crippen molar-refractivity contribution in [3.8, 4) is 11.5 Å². The van der Waals surface area contributed by atoms with Gasteiger partial charge in [0.15, 0.2) is 0 Å². The molecule has 120 valence electrons. The second-order valence-electron chi connectivity index (χ2n) is 6.33. The van der Waals surface area contributed by atoms with Gasteiger partial charge >= 0.3 is 0 Å². The Morgan fingerprint density at radius 1 is 1.14 bits per heavy atom. The van der Waals surface area contributed by atoms with Crippen LogP contribution in [-0.2, 0) is 0 Å². The van der Waals surface area contributed by atoms with E-state index in [1.807, 2.05) is 4.90 Å². The van der Waals surface area contributed by atoms with Gasteiger partial charge in [0.1, 0.15) is 11.5 Å². The molecule has 2 aliphatic rings. The highest BCUT2D eigenvalue weighted by atomic mass is 16.5. The van der Waals surface area contributed by atoms with Crippen molar-refractivity contribution in [2.24, 2.45) is 17.6 Å². The molecule has 1 saturated heterocycles. The summed E-state index contributed by atoms with van der Waals surface area (Å²) in [6.45, 7) is 1.58. The molecule has 1 aliphatic heterocycles. The number of hydrogen-bond acceptors (Lipinski definition) is 4. The molecule has 1 amide bonds. The Morgan fingerprint density at radius 2 is 1.82 bits per heavy atom. The number of nitrogens with two attached hydrogens (primary N) is 1.